The Morgan fingerprint density at radius 2 is 1.90 bits per heavy atom. The van der Waals surface area contributed by atoms with E-state index in [0.717, 1.165) is 22.2 Å². The van der Waals surface area contributed by atoms with Crippen LogP contribution in [0, 0.1) is 0 Å². The molecule has 0 saturated carbocycles. The van der Waals surface area contributed by atoms with Gasteiger partial charge in [-0.3, -0.25) is 14.8 Å². The van der Waals surface area contributed by atoms with Gasteiger partial charge in [0.25, 0.3) is 5.91 Å². The number of benzene rings is 1. The van der Waals surface area contributed by atoms with Gasteiger partial charge in [0.15, 0.2) is 0 Å². The molecule has 5 heteroatoms. The Hall–Kier alpha value is -2.69. The number of aromatic nitrogens is 3. The summed E-state index contributed by atoms with van der Waals surface area (Å²) in [6.45, 7) is 3.98. The van der Waals surface area contributed by atoms with Crippen molar-refractivity contribution < 1.29 is 4.79 Å². The predicted octanol–water partition coefficient (Wildman–Crippen LogP) is 2.99. The van der Waals surface area contributed by atoms with Gasteiger partial charge in [-0.2, -0.15) is 5.10 Å². The number of H-pyrrole nitrogens is 1. The number of carbonyl (C=O) groups excluding carboxylic acids is 1. The fourth-order valence-electron chi connectivity index (χ4n) is 2.91. The van der Waals surface area contributed by atoms with Crippen LogP contribution in [0.5, 0.6) is 0 Å². The van der Waals surface area contributed by atoms with Crippen molar-refractivity contribution in [1.82, 2.24) is 15.2 Å². The quantitative estimate of drug-likeness (QED) is 0.744. The van der Waals surface area contributed by atoms with Gasteiger partial charge < -0.3 is 0 Å². The maximum atomic E-state index is 12.9. The number of pyridine rings is 1. The number of hydrogen-bond acceptors (Lipinski definition) is 3. The number of anilines is 1. The molecule has 1 aliphatic rings. The normalized spacial score (nSPS) is 13.7. The lowest BCUT2D eigenvalue weighted by atomic mass is 10.0. The molecule has 5 nitrogen and oxygen atoms in total. The lowest BCUT2D eigenvalue weighted by molar-refractivity contribution is 0.0980. The van der Waals surface area contributed by atoms with Crippen molar-refractivity contribution in [2.24, 2.45) is 0 Å². The predicted molar refractivity (Wildman–Crippen MR) is 81.3 cm³/mol. The van der Waals surface area contributed by atoms with Crippen LogP contribution in [0.2, 0.25) is 0 Å². The number of rotatable bonds is 1. The highest BCUT2D eigenvalue weighted by Gasteiger charge is 2.31. The molecule has 4 rings (SSSR count). The lowest BCUT2D eigenvalue weighted by Gasteiger charge is -2.25. The average molecular weight is 278 g/mol. The lowest BCUT2D eigenvalue weighted by Crippen LogP contribution is -2.37. The van der Waals surface area contributed by atoms with Gasteiger partial charge in [0.1, 0.15) is 11.5 Å². The van der Waals surface area contributed by atoms with E-state index < -0.39 is 0 Å². The Balaban J connectivity index is 2.18. The molecule has 1 aliphatic heterocycles. The van der Waals surface area contributed by atoms with Gasteiger partial charge in [-0.15, -0.1) is 0 Å². The van der Waals surface area contributed by atoms with Gasteiger partial charge in [0.2, 0.25) is 0 Å². The number of aromatic amines is 1. The minimum atomic E-state index is -0.0291. The van der Waals surface area contributed by atoms with Crippen LogP contribution in [0.3, 0.4) is 0 Å². The summed E-state index contributed by atoms with van der Waals surface area (Å²) in [5.41, 5.74) is 3.20. The molecule has 0 bridgehead atoms. The first-order valence-electron chi connectivity index (χ1n) is 6.94. The number of hydrogen-bond donors (Lipinski definition) is 1. The monoisotopic (exact) mass is 278 g/mol. The zero-order valence-electron chi connectivity index (χ0n) is 11.8. The van der Waals surface area contributed by atoms with Crippen LogP contribution in [0.25, 0.3) is 22.2 Å². The molecule has 1 aromatic carbocycles. The maximum absolute atomic E-state index is 12.9. The summed E-state index contributed by atoms with van der Waals surface area (Å²) >= 11 is 0. The van der Waals surface area contributed by atoms with Crippen LogP contribution < -0.4 is 4.90 Å². The second-order valence-corrected chi connectivity index (χ2v) is 5.44. The van der Waals surface area contributed by atoms with E-state index in [1.165, 1.54) is 0 Å². The van der Waals surface area contributed by atoms with Crippen LogP contribution >= 0.6 is 0 Å². The number of nitrogens with one attached hydrogen (secondary N) is 1. The van der Waals surface area contributed by atoms with Crippen LogP contribution in [0.4, 0.5) is 5.82 Å². The van der Waals surface area contributed by atoms with Crippen LogP contribution in [-0.2, 0) is 0 Å². The summed E-state index contributed by atoms with van der Waals surface area (Å²) in [7, 11) is 0. The minimum absolute atomic E-state index is 0.0181. The van der Waals surface area contributed by atoms with Gasteiger partial charge in [-0.25, -0.2) is 4.98 Å². The van der Waals surface area contributed by atoms with E-state index in [1.54, 1.807) is 11.1 Å². The van der Waals surface area contributed by atoms with Crippen LogP contribution in [-0.4, -0.2) is 27.1 Å². The van der Waals surface area contributed by atoms with Gasteiger partial charge >= 0.3 is 0 Å². The summed E-state index contributed by atoms with van der Waals surface area (Å²) in [6, 6.07) is 9.48. The molecule has 0 spiro atoms. The smallest absolute Gasteiger partial charge is 0.260 e. The van der Waals surface area contributed by atoms with Crippen LogP contribution in [0.15, 0.2) is 36.5 Å². The third kappa shape index (κ3) is 1.54. The molecule has 104 valence electrons. The summed E-state index contributed by atoms with van der Waals surface area (Å²) in [5, 5.41) is 8.35. The molecule has 1 N–H and O–H groups in total. The Labute approximate surface area is 121 Å². The zero-order valence-corrected chi connectivity index (χ0v) is 11.8. The fraction of sp³-hybridized carbons (Fsp3) is 0.188. The number of nitrogens with zero attached hydrogens (tertiary/aromatic N) is 3. The Bertz CT molecular complexity index is 866. The third-order valence-corrected chi connectivity index (χ3v) is 3.83. The van der Waals surface area contributed by atoms with Crippen molar-refractivity contribution in [2.75, 3.05) is 4.90 Å². The van der Waals surface area contributed by atoms with E-state index >= 15 is 0 Å². The first-order valence-corrected chi connectivity index (χ1v) is 6.94. The summed E-state index contributed by atoms with van der Waals surface area (Å²) in [5.74, 6) is 0.644. The standard InChI is InChI=1S/C16H14N4O/c1-9(2)20-15-13-12(7-8-17-15)18-19-14(13)10-5-3-4-6-11(10)16(20)21/h3-9H,1-2H3,(H,18,19). The van der Waals surface area contributed by atoms with E-state index in [1.807, 2.05) is 44.2 Å². The molecule has 3 heterocycles. The highest BCUT2D eigenvalue weighted by atomic mass is 16.2. The largest absolute Gasteiger partial charge is 0.289 e. The second-order valence-electron chi connectivity index (χ2n) is 5.44. The molecule has 0 atom stereocenters. The van der Waals surface area contributed by atoms with Gasteiger partial charge in [-0.05, 0) is 26.0 Å². The minimum Gasteiger partial charge on any atom is -0.289 e. The van der Waals surface area contributed by atoms with E-state index in [0.29, 0.717) is 11.4 Å². The number of carbonyl (C=O) groups is 1. The first-order chi connectivity index (χ1) is 10.2. The van der Waals surface area contributed by atoms with Crippen molar-refractivity contribution in [2.45, 2.75) is 19.9 Å². The van der Waals surface area contributed by atoms with Crippen LogP contribution in [0.1, 0.15) is 24.2 Å². The highest BCUT2D eigenvalue weighted by Crippen LogP contribution is 2.39. The third-order valence-electron chi connectivity index (χ3n) is 3.83. The molecule has 0 saturated heterocycles. The topological polar surface area (TPSA) is 61.9 Å². The molecular weight excluding hydrogens is 264 g/mol. The van der Waals surface area contributed by atoms with Gasteiger partial charge in [0.05, 0.1) is 10.9 Å². The van der Waals surface area contributed by atoms with E-state index in [9.17, 15) is 4.79 Å². The Kier molecular flexibility index (Phi) is 2.39. The van der Waals surface area contributed by atoms with Crippen molar-refractivity contribution >= 4 is 22.6 Å². The highest BCUT2D eigenvalue weighted by molar-refractivity contribution is 6.18. The summed E-state index contributed by atoms with van der Waals surface area (Å²) < 4.78 is 0. The molecule has 1 amide bonds. The molecule has 3 aromatic rings. The van der Waals surface area contributed by atoms with E-state index in [-0.39, 0.29) is 11.9 Å². The molecule has 2 aromatic heterocycles. The first kappa shape index (κ1) is 12.1. The summed E-state index contributed by atoms with van der Waals surface area (Å²) in [4.78, 5) is 19.1. The molecule has 0 unspecified atom stereocenters. The fourth-order valence-corrected chi connectivity index (χ4v) is 2.91. The molecular formula is C16H14N4O. The average Bonchev–Trinajstić information content (AvgIpc) is 2.87. The Morgan fingerprint density at radius 3 is 2.67 bits per heavy atom. The van der Waals surface area contributed by atoms with Crippen molar-refractivity contribution in [3.05, 3.63) is 42.1 Å². The second kappa shape index (κ2) is 4.15. The van der Waals surface area contributed by atoms with E-state index in [4.69, 9.17) is 0 Å². The molecule has 21 heavy (non-hydrogen) atoms. The molecule has 0 radical (unpaired) electrons. The van der Waals surface area contributed by atoms with Crippen molar-refractivity contribution in [3.8, 4) is 11.3 Å². The van der Waals surface area contributed by atoms with Crippen molar-refractivity contribution in [1.29, 1.82) is 0 Å². The van der Waals surface area contributed by atoms with E-state index in [2.05, 4.69) is 15.2 Å². The maximum Gasteiger partial charge on any atom is 0.260 e. The molecule has 0 fully saturated rings. The summed E-state index contributed by atoms with van der Waals surface area (Å²) in [6.07, 6.45) is 1.71. The van der Waals surface area contributed by atoms with Crippen molar-refractivity contribution in [3.63, 3.8) is 0 Å². The van der Waals surface area contributed by atoms with Gasteiger partial charge in [-0.1, -0.05) is 18.2 Å². The van der Waals surface area contributed by atoms with Gasteiger partial charge in [0, 0.05) is 23.4 Å². The molecule has 0 aliphatic carbocycles. The number of amides is 1. The SMILES string of the molecule is CC(C)N1C(=O)c2ccccc2-c2n[nH]c3ccnc1c23. The number of fused-ring (bicyclic) bond motifs is 2. The Morgan fingerprint density at radius 1 is 1.14 bits per heavy atom. The zero-order chi connectivity index (χ0) is 14.6.